The van der Waals surface area contributed by atoms with Gasteiger partial charge in [-0.3, -0.25) is 4.68 Å². The van der Waals surface area contributed by atoms with Gasteiger partial charge in [0.25, 0.3) is 0 Å². The molecular weight excluding hydrogens is 326 g/mol. The highest BCUT2D eigenvalue weighted by Crippen LogP contribution is 2.30. The minimum absolute atomic E-state index is 0.725. The third kappa shape index (κ3) is 3.58. The van der Waals surface area contributed by atoms with Gasteiger partial charge in [0.05, 0.1) is 33.1 Å². The molecule has 1 aromatic heterocycles. The highest BCUT2D eigenvalue weighted by Gasteiger charge is 2.14. The normalized spacial score (nSPS) is 14.4. The van der Waals surface area contributed by atoms with Gasteiger partial charge in [0.1, 0.15) is 5.69 Å². The zero-order chi connectivity index (χ0) is 17.8. The first-order chi connectivity index (χ1) is 12.8. The Kier molecular flexibility index (Phi) is 4.88. The molecule has 0 N–H and O–H groups in total. The number of methoxy groups -OCH3 is 1. The Morgan fingerprint density at radius 1 is 1.00 bits per heavy atom. The Hall–Kier alpha value is -2.79. The van der Waals surface area contributed by atoms with E-state index in [0.717, 1.165) is 49.9 Å². The lowest BCUT2D eigenvalue weighted by Crippen LogP contribution is -2.36. The fourth-order valence-corrected chi connectivity index (χ4v) is 3.26. The molecule has 4 rings (SSSR count). The average Bonchev–Trinajstić information content (AvgIpc) is 3.12. The quantitative estimate of drug-likeness (QED) is 0.707. The summed E-state index contributed by atoms with van der Waals surface area (Å²) in [4.78, 5) is 2.35. The van der Waals surface area contributed by atoms with E-state index in [1.165, 1.54) is 11.3 Å². The van der Waals surface area contributed by atoms with E-state index in [9.17, 15) is 0 Å². The van der Waals surface area contributed by atoms with Gasteiger partial charge in [-0.1, -0.05) is 42.5 Å². The van der Waals surface area contributed by atoms with Crippen molar-refractivity contribution < 1.29 is 9.47 Å². The molecule has 0 unspecified atom stereocenters. The smallest absolute Gasteiger partial charge is 0.164 e. The number of hydrogen-bond donors (Lipinski definition) is 0. The standard InChI is InChI=1S/C21H23N3O2/c1-25-20-16-24(15-17-5-3-2-4-6-17)22-21(20)18-7-9-19(10-8-18)23-11-13-26-14-12-23/h2-10,16H,11-15H2,1H3. The van der Waals surface area contributed by atoms with Gasteiger partial charge < -0.3 is 14.4 Å². The molecule has 1 saturated heterocycles. The SMILES string of the molecule is COc1cn(Cc2ccccc2)nc1-c1ccc(N2CCOCC2)cc1. The summed E-state index contributed by atoms with van der Waals surface area (Å²) in [7, 11) is 1.69. The van der Waals surface area contributed by atoms with Crippen molar-refractivity contribution in [1.29, 1.82) is 0 Å². The minimum Gasteiger partial charge on any atom is -0.493 e. The number of nitrogens with zero attached hydrogens (tertiary/aromatic N) is 3. The molecule has 0 bridgehead atoms. The van der Waals surface area contributed by atoms with Gasteiger partial charge >= 0.3 is 0 Å². The van der Waals surface area contributed by atoms with E-state index in [4.69, 9.17) is 14.6 Å². The Labute approximate surface area is 153 Å². The highest BCUT2D eigenvalue weighted by atomic mass is 16.5. The number of hydrogen-bond acceptors (Lipinski definition) is 4. The summed E-state index contributed by atoms with van der Waals surface area (Å²) in [6.45, 7) is 4.19. The number of anilines is 1. The van der Waals surface area contributed by atoms with Gasteiger partial charge in [0, 0.05) is 24.3 Å². The van der Waals surface area contributed by atoms with E-state index in [0.29, 0.717) is 0 Å². The van der Waals surface area contributed by atoms with Crippen LogP contribution in [0.5, 0.6) is 5.75 Å². The lowest BCUT2D eigenvalue weighted by Gasteiger charge is -2.28. The van der Waals surface area contributed by atoms with Crippen LogP contribution >= 0.6 is 0 Å². The monoisotopic (exact) mass is 349 g/mol. The summed E-state index contributed by atoms with van der Waals surface area (Å²) in [5.41, 5.74) is 4.37. The molecule has 0 amide bonds. The van der Waals surface area contributed by atoms with E-state index in [1.807, 2.05) is 29.1 Å². The molecule has 5 nitrogen and oxygen atoms in total. The molecule has 1 fully saturated rings. The molecule has 0 atom stereocenters. The van der Waals surface area contributed by atoms with Crippen molar-refractivity contribution in [3.63, 3.8) is 0 Å². The first-order valence-electron chi connectivity index (χ1n) is 8.92. The van der Waals surface area contributed by atoms with Gasteiger partial charge in [-0.2, -0.15) is 5.10 Å². The summed E-state index contributed by atoms with van der Waals surface area (Å²) in [5, 5.41) is 4.75. The van der Waals surface area contributed by atoms with Crippen LogP contribution in [0.1, 0.15) is 5.56 Å². The summed E-state index contributed by atoms with van der Waals surface area (Å²) in [6.07, 6.45) is 1.96. The van der Waals surface area contributed by atoms with E-state index in [2.05, 4.69) is 41.3 Å². The largest absolute Gasteiger partial charge is 0.493 e. The maximum Gasteiger partial charge on any atom is 0.164 e. The zero-order valence-corrected chi connectivity index (χ0v) is 15.0. The topological polar surface area (TPSA) is 39.5 Å². The number of ether oxygens (including phenoxy) is 2. The zero-order valence-electron chi connectivity index (χ0n) is 15.0. The fraction of sp³-hybridized carbons (Fsp3) is 0.286. The van der Waals surface area contributed by atoms with Crippen LogP contribution in [-0.4, -0.2) is 43.2 Å². The van der Waals surface area contributed by atoms with Crippen molar-refractivity contribution in [2.45, 2.75) is 6.54 Å². The van der Waals surface area contributed by atoms with Gasteiger partial charge in [-0.25, -0.2) is 0 Å². The lowest BCUT2D eigenvalue weighted by atomic mass is 10.1. The first-order valence-corrected chi connectivity index (χ1v) is 8.92. The van der Waals surface area contributed by atoms with Crippen LogP contribution in [0.25, 0.3) is 11.3 Å². The molecule has 2 heterocycles. The van der Waals surface area contributed by atoms with Crippen LogP contribution in [0.15, 0.2) is 60.8 Å². The number of rotatable bonds is 5. The number of aromatic nitrogens is 2. The maximum atomic E-state index is 5.55. The second-order valence-electron chi connectivity index (χ2n) is 6.38. The van der Waals surface area contributed by atoms with Crippen LogP contribution in [-0.2, 0) is 11.3 Å². The van der Waals surface area contributed by atoms with Crippen molar-refractivity contribution in [3.05, 3.63) is 66.4 Å². The molecule has 0 radical (unpaired) electrons. The second kappa shape index (κ2) is 7.62. The summed E-state index contributed by atoms with van der Waals surface area (Å²) in [5.74, 6) is 0.792. The van der Waals surface area contributed by atoms with Crippen LogP contribution < -0.4 is 9.64 Å². The maximum absolute atomic E-state index is 5.55. The third-order valence-corrected chi connectivity index (χ3v) is 4.65. The third-order valence-electron chi connectivity index (χ3n) is 4.65. The molecule has 3 aromatic rings. The molecule has 2 aromatic carbocycles. The van der Waals surface area contributed by atoms with Crippen LogP contribution in [0.3, 0.4) is 0 Å². The van der Waals surface area contributed by atoms with E-state index in [1.54, 1.807) is 7.11 Å². The number of morpholine rings is 1. The van der Waals surface area contributed by atoms with Gasteiger partial charge in [-0.05, 0) is 17.7 Å². The second-order valence-corrected chi connectivity index (χ2v) is 6.38. The first kappa shape index (κ1) is 16.7. The van der Waals surface area contributed by atoms with Gasteiger partial charge in [-0.15, -0.1) is 0 Å². The molecule has 0 aliphatic carbocycles. The van der Waals surface area contributed by atoms with Crippen LogP contribution in [0, 0.1) is 0 Å². The summed E-state index contributed by atoms with van der Waals surface area (Å²) < 4.78 is 12.9. The molecule has 26 heavy (non-hydrogen) atoms. The van der Waals surface area contributed by atoms with E-state index in [-0.39, 0.29) is 0 Å². The summed E-state index contributed by atoms with van der Waals surface area (Å²) in [6, 6.07) is 18.8. The van der Waals surface area contributed by atoms with Crippen molar-refractivity contribution in [2.24, 2.45) is 0 Å². The van der Waals surface area contributed by atoms with Gasteiger partial charge in [0.15, 0.2) is 5.75 Å². The molecule has 0 saturated carbocycles. The van der Waals surface area contributed by atoms with Crippen molar-refractivity contribution in [3.8, 4) is 17.0 Å². The Morgan fingerprint density at radius 2 is 1.73 bits per heavy atom. The highest BCUT2D eigenvalue weighted by molar-refractivity contribution is 5.68. The van der Waals surface area contributed by atoms with E-state index < -0.39 is 0 Å². The Morgan fingerprint density at radius 3 is 2.42 bits per heavy atom. The van der Waals surface area contributed by atoms with E-state index >= 15 is 0 Å². The van der Waals surface area contributed by atoms with Crippen molar-refractivity contribution in [2.75, 3.05) is 38.3 Å². The fourth-order valence-electron chi connectivity index (χ4n) is 3.26. The van der Waals surface area contributed by atoms with Crippen LogP contribution in [0.4, 0.5) is 5.69 Å². The molecule has 1 aliphatic heterocycles. The van der Waals surface area contributed by atoms with Gasteiger partial charge in [0.2, 0.25) is 0 Å². The number of benzene rings is 2. The van der Waals surface area contributed by atoms with Crippen molar-refractivity contribution in [1.82, 2.24) is 9.78 Å². The average molecular weight is 349 g/mol. The Balaban J connectivity index is 1.56. The van der Waals surface area contributed by atoms with Crippen molar-refractivity contribution >= 4 is 5.69 Å². The molecule has 134 valence electrons. The van der Waals surface area contributed by atoms with Crippen LogP contribution in [0.2, 0.25) is 0 Å². The molecule has 5 heteroatoms. The Bertz CT molecular complexity index is 837. The molecule has 0 spiro atoms. The molecule has 1 aliphatic rings. The molecular formula is C21H23N3O2. The predicted molar refractivity (Wildman–Crippen MR) is 103 cm³/mol. The summed E-state index contributed by atoms with van der Waals surface area (Å²) >= 11 is 0. The minimum atomic E-state index is 0.725. The predicted octanol–water partition coefficient (Wildman–Crippen LogP) is 3.44. The lowest BCUT2D eigenvalue weighted by molar-refractivity contribution is 0.122.